The Kier molecular flexibility index (Phi) is 7.46. The van der Waals surface area contributed by atoms with Crippen LogP contribution in [0.15, 0.2) is 12.1 Å². The van der Waals surface area contributed by atoms with E-state index < -0.39 is 17.5 Å². The lowest BCUT2D eigenvalue weighted by Crippen LogP contribution is -2.39. The van der Waals surface area contributed by atoms with Crippen molar-refractivity contribution in [1.82, 2.24) is 0 Å². The first kappa shape index (κ1) is 20.2. The van der Waals surface area contributed by atoms with Crippen molar-refractivity contribution in [3.8, 4) is 0 Å². The molecule has 24 heavy (non-hydrogen) atoms. The molecule has 0 aromatic heterocycles. The van der Waals surface area contributed by atoms with Crippen LogP contribution < -0.4 is 0 Å². The van der Waals surface area contributed by atoms with E-state index in [2.05, 4.69) is 32.9 Å². The minimum absolute atomic E-state index is 0.180. The van der Waals surface area contributed by atoms with E-state index >= 15 is 0 Å². The summed E-state index contributed by atoms with van der Waals surface area (Å²) in [7, 11) is 0. The minimum Gasteiger partial charge on any atom is -0.463 e. The topological polar surface area (TPSA) is 52.6 Å². The van der Waals surface area contributed by atoms with Gasteiger partial charge in [-0.1, -0.05) is 32.9 Å². The fourth-order valence-corrected chi connectivity index (χ4v) is 2.74. The lowest BCUT2D eigenvalue weighted by molar-refractivity contribution is -0.177. The Labute approximate surface area is 145 Å². The lowest BCUT2D eigenvalue weighted by atomic mass is 9.92. The van der Waals surface area contributed by atoms with Crippen LogP contribution in [0.3, 0.4) is 0 Å². The first-order valence-corrected chi connectivity index (χ1v) is 8.81. The van der Waals surface area contributed by atoms with Gasteiger partial charge in [0.25, 0.3) is 0 Å². The maximum Gasteiger partial charge on any atom is 0.349 e. The standard InChI is InChI=1S/C20H30O4/c1-7-14-11-15(8-2)17(16(9-3)12-14)13-18(21)24-20(5,6)19(22)23-10-4/h11-12H,7-10,13H2,1-6H3. The van der Waals surface area contributed by atoms with Crippen LogP contribution >= 0.6 is 0 Å². The van der Waals surface area contributed by atoms with Crippen LogP contribution in [0, 0.1) is 0 Å². The quantitative estimate of drug-likeness (QED) is 0.679. The molecule has 0 spiro atoms. The first-order chi connectivity index (χ1) is 11.3. The molecule has 0 saturated heterocycles. The third-order valence-electron chi connectivity index (χ3n) is 4.12. The molecule has 0 N–H and O–H groups in total. The molecule has 0 aliphatic carbocycles. The average molecular weight is 334 g/mol. The number of aryl methyl sites for hydroxylation is 3. The van der Waals surface area contributed by atoms with Gasteiger partial charge in [0.1, 0.15) is 0 Å². The van der Waals surface area contributed by atoms with Crippen molar-refractivity contribution in [3.63, 3.8) is 0 Å². The maximum atomic E-state index is 12.4. The normalized spacial score (nSPS) is 11.2. The van der Waals surface area contributed by atoms with Gasteiger partial charge < -0.3 is 9.47 Å². The Morgan fingerprint density at radius 1 is 0.958 bits per heavy atom. The van der Waals surface area contributed by atoms with E-state index in [0.29, 0.717) is 0 Å². The van der Waals surface area contributed by atoms with Crippen LogP contribution in [0.5, 0.6) is 0 Å². The molecule has 0 bridgehead atoms. The van der Waals surface area contributed by atoms with Gasteiger partial charge in [0.2, 0.25) is 5.60 Å². The van der Waals surface area contributed by atoms with Gasteiger partial charge in [0.05, 0.1) is 13.0 Å². The SMILES string of the molecule is CCOC(=O)C(C)(C)OC(=O)Cc1c(CC)cc(CC)cc1CC. The molecule has 1 aromatic carbocycles. The van der Waals surface area contributed by atoms with Crippen LogP contribution in [0.2, 0.25) is 0 Å². The van der Waals surface area contributed by atoms with Crippen LogP contribution in [0.1, 0.15) is 63.8 Å². The van der Waals surface area contributed by atoms with Crippen LogP contribution in [-0.4, -0.2) is 24.1 Å². The molecule has 0 fully saturated rings. The van der Waals surface area contributed by atoms with Crippen molar-refractivity contribution >= 4 is 11.9 Å². The van der Waals surface area contributed by atoms with E-state index in [-0.39, 0.29) is 13.0 Å². The molecule has 1 aromatic rings. The smallest absolute Gasteiger partial charge is 0.349 e. The predicted octanol–water partition coefficient (Wildman–Crippen LogP) is 3.80. The number of hydrogen-bond donors (Lipinski definition) is 0. The number of hydrogen-bond acceptors (Lipinski definition) is 4. The van der Waals surface area contributed by atoms with Gasteiger partial charge in [0, 0.05) is 0 Å². The van der Waals surface area contributed by atoms with Gasteiger partial charge in [0.15, 0.2) is 0 Å². The third kappa shape index (κ3) is 5.08. The zero-order valence-corrected chi connectivity index (χ0v) is 15.8. The number of carbonyl (C=O) groups excluding carboxylic acids is 2. The van der Waals surface area contributed by atoms with E-state index in [0.717, 1.165) is 24.8 Å². The molecule has 134 valence electrons. The largest absolute Gasteiger partial charge is 0.463 e. The molecular weight excluding hydrogens is 304 g/mol. The molecule has 1 rings (SSSR count). The lowest BCUT2D eigenvalue weighted by Gasteiger charge is -2.23. The average Bonchev–Trinajstić information content (AvgIpc) is 2.54. The molecule has 0 amide bonds. The summed E-state index contributed by atoms with van der Waals surface area (Å²) in [6, 6.07) is 4.33. The van der Waals surface area contributed by atoms with Crippen molar-refractivity contribution in [1.29, 1.82) is 0 Å². The van der Waals surface area contributed by atoms with Crippen molar-refractivity contribution in [2.45, 2.75) is 72.8 Å². The van der Waals surface area contributed by atoms with E-state index in [9.17, 15) is 9.59 Å². The highest BCUT2D eigenvalue weighted by atomic mass is 16.6. The summed E-state index contributed by atoms with van der Waals surface area (Å²) >= 11 is 0. The summed E-state index contributed by atoms with van der Waals surface area (Å²) in [5.74, 6) is -0.923. The third-order valence-corrected chi connectivity index (χ3v) is 4.12. The molecule has 0 atom stereocenters. The summed E-state index contributed by atoms with van der Waals surface area (Å²) in [6.45, 7) is 11.4. The second-order valence-corrected chi connectivity index (χ2v) is 6.33. The highest BCUT2D eigenvalue weighted by Gasteiger charge is 2.33. The Morgan fingerprint density at radius 3 is 1.92 bits per heavy atom. The molecule has 4 heteroatoms. The predicted molar refractivity (Wildman–Crippen MR) is 95.1 cm³/mol. The second kappa shape index (κ2) is 8.86. The van der Waals surface area contributed by atoms with Gasteiger partial charge in [-0.3, -0.25) is 4.79 Å². The number of carbonyl (C=O) groups is 2. The van der Waals surface area contributed by atoms with Gasteiger partial charge in [-0.25, -0.2) is 4.79 Å². The highest BCUT2D eigenvalue weighted by Crippen LogP contribution is 2.22. The molecule has 4 nitrogen and oxygen atoms in total. The fourth-order valence-electron chi connectivity index (χ4n) is 2.74. The second-order valence-electron chi connectivity index (χ2n) is 6.33. The van der Waals surface area contributed by atoms with E-state index in [4.69, 9.17) is 9.47 Å². The molecule has 0 aliphatic heterocycles. The van der Waals surface area contributed by atoms with Gasteiger partial charge in [-0.2, -0.15) is 0 Å². The zero-order chi connectivity index (χ0) is 18.3. The number of rotatable bonds is 8. The molecular formula is C20H30O4. The Balaban J connectivity index is 3.00. The summed E-state index contributed by atoms with van der Waals surface area (Å²) in [4.78, 5) is 24.3. The van der Waals surface area contributed by atoms with Crippen LogP contribution in [0.4, 0.5) is 0 Å². The van der Waals surface area contributed by atoms with Crippen molar-refractivity contribution in [2.24, 2.45) is 0 Å². The molecule has 0 heterocycles. The summed E-state index contributed by atoms with van der Waals surface area (Å²) in [6.07, 6.45) is 2.88. The van der Waals surface area contributed by atoms with Gasteiger partial charge in [-0.05, 0) is 62.3 Å². The molecule has 0 aliphatic rings. The summed E-state index contributed by atoms with van der Waals surface area (Å²) in [5.41, 5.74) is 3.40. The maximum absolute atomic E-state index is 12.4. The van der Waals surface area contributed by atoms with Gasteiger partial charge in [-0.15, -0.1) is 0 Å². The van der Waals surface area contributed by atoms with E-state index in [1.807, 2.05) is 0 Å². The van der Waals surface area contributed by atoms with Gasteiger partial charge >= 0.3 is 11.9 Å². The van der Waals surface area contributed by atoms with Crippen LogP contribution in [-0.2, 0) is 44.7 Å². The van der Waals surface area contributed by atoms with Crippen molar-refractivity contribution in [3.05, 3.63) is 34.4 Å². The number of ether oxygens (including phenoxy) is 2. The fraction of sp³-hybridized carbons (Fsp3) is 0.600. The van der Waals surface area contributed by atoms with E-state index in [1.165, 1.54) is 16.7 Å². The van der Waals surface area contributed by atoms with Crippen LogP contribution in [0.25, 0.3) is 0 Å². The molecule has 0 unspecified atom stereocenters. The summed E-state index contributed by atoms with van der Waals surface area (Å²) in [5, 5.41) is 0. The number of esters is 2. The van der Waals surface area contributed by atoms with E-state index in [1.54, 1.807) is 20.8 Å². The monoisotopic (exact) mass is 334 g/mol. The first-order valence-electron chi connectivity index (χ1n) is 8.81. The summed E-state index contributed by atoms with van der Waals surface area (Å²) < 4.78 is 10.4. The molecule has 0 radical (unpaired) electrons. The molecule has 0 saturated carbocycles. The Hall–Kier alpha value is -1.84. The number of benzene rings is 1. The van der Waals surface area contributed by atoms with Crippen molar-refractivity contribution < 1.29 is 19.1 Å². The Morgan fingerprint density at radius 2 is 1.50 bits per heavy atom. The minimum atomic E-state index is -1.27. The van der Waals surface area contributed by atoms with Crippen molar-refractivity contribution in [2.75, 3.05) is 6.61 Å². The zero-order valence-electron chi connectivity index (χ0n) is 15.8. The highest BCUT2D eigenvalue weighted by molar-refractivity contribution is 5.83. The Bertz CT molecular complexity index is 562.